The topological polar surface area (TPSA) is 58.1 Å². The Hall–Kier alpha value is -2.86. The summed E-state index contributed by atoms with van der Waals surface area (Å²) in [4.78, 5) is 27.3. The first-order valence-corrected chi connectivity index (χ1v) is 14.9. The number of aromatic nitrogens is 2. The Morgan fingerprint density at radius 2 is 1.79 bits per heavy atom. The van der Waals surface area contributed by atoms with Crippen molar-refractivity contribution in [2.45, 2.75) is 89.6 Å². The van der Waals surface area contributed by atoms with Gasteiger partial charge in [0.05, 0.1) is 5.69 Å². The number of nitrogens with one attached hydrogen (secondary N) is 1. The summed E-state index contributed by atoms with van der Waals surface area (Å²) in [5.41, 5.74) is 6.92. The molecule has 198 valence electrons. The van der Waals surface area contributed by atoms with E-state index in [0.29, 0.717) is 23.3 Å². The number of aryl methyl sites for hydroxylation is 3. The molecule has 3 aromatic rings. The van der Waals surface area contributed by atoms with Crippen LogP contribution in [0.3, 0.4) is 0 Å². The molecule has 1 unspecified atom stereocenters. The summed E-state index contributed by atoms with van der Waals surface area (Å²) < 4.78 is 3.38. The Kier molecular flexibility index (Phi) is 6.71. The smallest absolute Gasteiger partial charge is 0.254 e. The van der Waals surface area contributed by atoms with Crippen LogP contribution in [-0.4, -0.2) is 32.9 Å². The van der Waals surface area contributed by atoms with Crippen molar-refractivity contribution in [1.29, 1.82) is 0 Å². The maximum atomic E-state index is 14.1. The second kappa shape index (κ2) is 10.0. The van der Waals surface area contributed by atoms with Gasteiger partial charge in [0, 0.05) is 33.8 Å². The molecule has 2 aliphatic carbocycles. The molecule has 1 N–H and O–H groups in total. The maximum Gasteiger partial charge on any atom is 0.254 e. The average molecular weight is 527 g/mol. The molecule has 5 nitrogen and oxygen atoms in total. The van der Waals surface area contributed by atoms with E-state index in [1.165, 1.54) is 41.5 Å². The third-order valence-corrected chi connectivity index (χ3v) is 9.42. The van der Waals surface area contributed by atoms with Crippen LogP contribution < -0.4 is 4.72 Å². The lowest BCUT2D eigenvalue weighted by molar-refractivity contribution is 0.0182. The first-order valence-electron chi connectivity index (χ1n) is 14.1. The number of amides is 1. The summed E-state index contributed by atoms with van der Waals surface area (Å²) >= 11 is 1.47. The number of carbonyl (C=O) groups is 1. The van der Waals surface area contributed by atoms with Gasteiger partial charge in [-0.25, -0.2) is 9.97 Å². The zero-order chi connectivity index (χ0) is 26.4. The standard InChI is InChI=1S/C32H38N4OS/c1-20(2)15-25-12-11-24-17-28(29-21(3)7-5-8-22(29)4)34-31(33-24)35-38-27-10-6-9-23(16-27)30(37)36(25)26-18-32(19-26)13-14-32/h5-10,16-17,20,25-26H,11-15,18-19H2,1-4H3,(H,33,34,35). The third-order valence-electron chi connectivity index (χ3n) is 8.65. The number of fused-ring (bicyclic) bond motifs is 4. The van der Waals surface area contributed by atoms with Gasteiger partial charge in [-0.2, -0.15) is 0 Å². The Labute approximate surface area is 231 Å². The lowest BCUT2D eigenvalue weighted by Crippen LogP contribution is -2.54. The van der Waals surface area contributed by atoms with Crippen molar-refractivity contribution < 1.29 is 4.79 Å². The van der Waals surface area contributed by atoms with Crippen molar-refractivity contribution in [3.8, 4) is 11.3 Å². The van der Waals surface area contributed by atoms with Crippen LogP contribution in [0.2, 0.25) is 0 Å². The van der Waals surface area contributed by atoms with Gasteiger partial charge in [-0.05, 0) is 117 Å². The highest BCUT2D eigenvalue weighted by Gasteiger charge is 2.56. The molecule has 1 spiro atoms. The van der Waals surface area contributed by atoms with Crippen molar-refractivity contribution in [1.82, 2.24) is 14.9 Å². The second-order valence-corrected chi connectivity index (χ2v) is 13.0. The first-order chi connectivity index (χ1) is 18.3. The maximum absolute atomic E-state index is 14.1. The number of hydrogen-bond acceptors (Lipinski definition) is 5. The summed E-state index contributed by atoms with van der Waals surface area (Å²) in [5, 5.41) is 0. The molecule has 0 radical (unpaired) electrons. The minimum Gasteiger partial charge on any atom is -0.333 e. The highest BCUT2D eigenvalue weighted by Crippen LogP contribution is 2.62. The zero-order valence-corrected chi connectivity index (χ0v) is 23.8. The van der Waals surface area contributed by atoms with Gasteiger partial charge in [-0.15, -0.1) is 0 Å². The van der Waals surface area contributed by atoms with Gasteiger partial charge < -0.3 is 4.90 Å². The first kappa shape index (κ1) is 25.4. The fourth-order valence-corrected chi connectivity index (χ4v) is 7.18. The lowest BCUT2D eigenvalue weighted by atomic mass is 9.75. The van der Waals surface area contributed by atoms with Crippen molar-refractivity contribution in [3.63, 3.8) is 0 Å². The van der Waals surface area contributed by atoms with E-state index >= 15 is 0 Å². The van der Waals surface area contributed by atoms with Gasteiger partial charge in [0.25, 0.3) is 5.91 Å². The predicted octanol–water partition coefficient (Wildman–Crippen LogP) is 7.63. The Morgan fingerprint density at radius 1 is 1.05 bits per heavy atom. The van der Waals surface area contributed by atoms with Crippen LogP contribution >= 0.6 is 11.9 Å². The van der Waals surface area contributed by atoms with Gasteiger partial charge in [-0.1, -0.05) is 38.1 Å². The van der Waals surface area contributed by atoms with E-state index in [-0.39, 0.29) is 11.9 Å². The van der Waals surface area contributed by atoms with Crippen molar-refractivity contribution >= 4 is 23.8 Å². The molecular weight excluding hydrogens is 488 g/mol. The van der Waals surface area contributed by atoms with Crippen molar-refractivity contribution in [2.75, 3.05) is 4.72 Å². The fourth-order valence-electron chi connectivity index (χ4n) is 6.54. The van der Waals surface area contributed by atoms with Gasteiger partial charge in [0.1, 0.15) is 0 Å². The number of benzene rings is 2. The second-order valence-electron chi connectivity index (χ2n) is 12.2. The number of hydrogen-bond donors (Lipinski definition) is 1. The van der Waals surface area contributed by atoms with Crippen LogP contribution in [0.15, 0.2) is 53.4 Å². The molecule has 38 heavy (non-hydrogen) atoms. The summed E-state index contributed by atoms with van der Waals surface area (Å²) in [6, 6.07) is 17.1. The number of anilines is 1. The molecule has 4 bridgehead atoms. The van der Waals surface area contributed by atoms with Crippen LogP contribution in [0, 0.1) is 25.2 Å². The Morgan fingerprint density at radius 3 is 2.50 bits per heavy atom. The van der Waals surface area contributed by atoms with Crippen LogP contribution in [0.4, 0.5) is 5.95 Å². The molecule has 1 atom stereocenters. The quantitative estimate of drug-likeness (QED) is 0.354. The SMILES string of the molecule is Cc1cccc(C)c1-c1cc2nc(n1)NSc1cccc(c1)C(=O)N(C1CC3(CC3)C1)C(CC(C)C)CC2. The van der Waals surface area contributed by atoms with Gasteiger partial charge in [-0.3, -0.25) is 9.52 Å². The molecule has 6 rings (SSSR count). The number of rotatable bonds is 4. The van der Waals surface area contributed by atoms with Crippen LogP contribution in [0.5, 0.6) is 0 Å². The minimum absolute atomic E-state index is 0.187. The Bertz CT molecular complexity index is 1340. The predicted molar refractivity (Wildman–Crippen MR) is 155 cm³/mol. The largest absolute Gasteiger partial charge is 0.333 e. The molecule has 1 aliphatic heterocycles. The number of nitrogens with zero attached hydrogens (tertiary/aromatic N) is 3. The van der Waals surface area contributed by atoms with Gasteiger partial charge >= 0.3 is 0 Å². The Balaban J connectivity index is 1.41. The van der Waals surface area contributed by atoms with E-state index in [2.05, 4.69) is 61.6 Å². The molecule has 2 fully saturated rings. The normalized spacial score (nSPS) is 20.8. The molecule has 2 aromatic carbocycles. The van der Waals surface area contributed by atoms with E-state index in [4.69, 9.17) is 9.97 Å². The average Bonchev–Trinajstić information content (AvgIpc) is 3.66. The molecular formula is C32H38N4OS. The molecule has 0 saturated heterocycles. The van der Waals surface area contributed by atoms with Crippen LogP contribution in [-0.2, 0) is 6.42 Å². The molecule has 2 heterocycles. The van der Waals surface area contributed by atoms with E-state index in [9.17, 15) is 4.79 Å². The van der Waals surface area contributed by atoms with E-state index in [1.807, 2.05) is 24.3 Å². The van der Waals surface area contributed by atoms with E-state index in [1.54, 1.807) is 0 Å². The minimum atomic E-state index is 0.187. The fraction of sp³-hybridized carbons (Fsp3) is 0.469. The number of carbonyl (C=O) groups excluding carboxylic acids is 1. The molecule has 2 saturated carbocycles. The molecule has 1 amide bonds. The van der Waals surface area contributed by atoms with E-state index in [0.717, 1.165) is 54.0 Å². The van der Waals surface area contributed by atoms with Gasteiger partial charge in [0.15, 0.2) is 0 Å². The highest BCUT2D eigenvalue weighted by atomic mass is 32.2. The summed E-state index contributed by atoms with van der Waals surface area (Å²) in [6.07, 6.45) is 7.73. The molecule has 3 aliphatic rings. The highest BCUT2D eigenvalue weighted by molar-refractivity contribution is 8.00. The third kappa shape index (κ3) is 5.07. The monoisotopic (exact) mass is 526 g/mol. The summed E-state index contributed by atoms with van der Waals surface area (Å²) in [5.74, 6) is 1.32. The van der Waals surface area contributed by atoms with Crippen LogP contribution in [0.25, 0.3) is 11.3 Å². The van der Waals surface area contributed by atoms with Gasteiger partial charge in [0.2, 0.25) is 5.95 Å². The molecule has 1 aromatic heterocycles. The van der Waals surface area contributed by atoms with Crippen LogP contribution in [0.1, 0.15) is 79.6 Å². The summed E-state index contributed by atoms with van der Waals surface area (Å²) in [7, 11) is 0. The van der Waals surface area contributed by atoms with E-state index < -0.39 is 0 Å². The zero-order valence-electron chi connectivity index (χ0n) is 23.0. The van der Waals surface area contributed by atoms with Crippen molar-refractivity contribution in [3.05, 3.63) is 70.9 Å². The van der Waals surface area contributed by atoms with Crippen molar-refractivity contribution in [2.24, 2.45) is 11.3 Å². The summed E-state index contributed by atoms with van der Waals surface area (Å²) in [6.45, 7) is 8.84. The lowest BCUT2D eigenvalue weighted by Gasteiger charge is -2.48. The molecule has 6 heteroatoms.